The van der Waals surface area contributed by atoms with Gasteiger partial charge in [-0.05, 0) is 32.2 Å². The maximum Gasteiger partial charge on any atom is 0.238 e. The Kier molecular flexibility index (Phi) is 5.28. The first-order valence-corrected chi connectivity index (χ1v) is 5.83. The molecule has 4 nitrogen and oxygen atoms in total. The van der Waals surface area contributed by atoms with Gasteiger partial charge in [-0.25, -0.2) is 0 Å². The maximum absolute atomic E-state index is 11.4. The summed E-state index contributed by atoms with van der Waals surface area (Å²) in [4.78, 5) is 11.4. The van der Waals surface area contributed by atoms with E-state index in [9.17, 15) is 4.79 Å². The fourth-order valence-corrected chi connectivity index (χ4v) is 1.57. The third-order valence-electron chi connectivity index (χ3n) is 1.85. The van der Waals surface area contributed by atoms with Gasteiger partial charge in [-0.15, -0.1) is 0 Å². The minimum atomic E-state index is -0.0919. The lowest BCUT2D eigenvalue weighted by Crippen LogP contribution is -2.25. The first-order valence-electron chi connectivity index (χ1n) is 5.04. The summed E-state index contributed by atoms with van der Waals surface area (Å²) in [7, 11) is 1.73. The van der Waals surface area contributed by atoms with Crippen molar-refractivity contribution < 1.29 is 9.53 Å². The van der Waals surface area contributed by atoms with Gasteiger partial charge in [-0.2, -0.15) is 0 Å². The molecule has 0 bridgehead atoms. The Hall–Kier alpha value is -1.07. The number of likely N-dealkylation sites (N-methyl/N-ethyl adjacent to an activating group) is 1. The molecule has 0 fully saturated rings. The first-order chi connectivity index (χ1) is 7.67. The Balaban J connectivity index is 2.81. The van der Waals surface area contributed by atoms with Crippen LogP contribution in [0.4, 0.5) is 5.69 Å². The summed E-state index contributed by atoms with van der Waals surface area (Å²) in [5, 5.41) is 5.56. The maximum atomic E-state index is 11.4. The molecule has 5 heteroatoms. The zero-order valence-corrected chi connectivity index (χ0v) is 10.9. The lowest BCUT2D eigenvalue weighted by atomic mass is 10.3. The Morgan fingerprint density at radius 3 is 2.88 bits per heavy atom. The highest BCUT2D eigenvalue weighted by Gasteiger charge is 2.07. The van der Waals surface area contributed by atoms with E-state index in [1.54, 1.807) is 7.05 Å². The van der Waals surface area contributed by atoms with E-state index < -0.39 is 0 Å². The number of hydrogen-bond acceptors (Lipinski definition) is 3. The molecule has 16 heavy (non-hydrogen) atoms. The molecular weight excluding hydrogens is 272 g/mol. The summed E-state index contributed by atoms with van der Waals surface area (Å²) in [6, 6.07) is 5.50. The van der Waals surface area contributed by atoms with Gasteiger partial charge in [0.25, 0.3) is 0 Å². The summed E-state index contributed by atoms with van der Waals surface area (Å²) in [6.07, 6.45) is 0. The van der Waals surface area contributed by atoms with Crippen molar-refractivity contribution in [1.82, 2.24) is 5.32 Å². The fraction of sp³-hybridized carbons (Fsp3) is 0.364. The molecule has 0 aromatic heterocycles. The van der Waals surface area contributed by atoms with Gasteiger partial charge >= 0.3 is 0 Å². The second-order valence-corrected chi connectivity index (χ2v) is 4.07. The van der Waals surface area contributed by atoms with E-state index in [2.05, 4.69) is 26.6 Å². The highest BCUT2D eigenvalue weighted by molar-refractivity contribution is 9.10. The summed E-state index contributed by atoms with van der Waals surface area (Å²) in [5.41, 5.74) is 0.685. The number of ether oxygens (including phenoxy) is 1. The lowest BCUT2D eigenvalue weighted by molar-refractivity contribution is -0.115. The van der Waals surface area contributed by atoms with E-state index in [1.165, 1.54) is 0 Å². The summed E-state index contributed by atoms with van der Waals surface area (Å²) < 4.78 is 6.35. The molecule has 0 unspecified atom stereocenters. The molecule has 0 saturated carbocycles. The van der Waals surface area contributed by atoms with Crippen molar-refractivity contribution in [2.24, 2.45) is 0 Å². The summed E-state index contributed by atoms with van der Waals surface area (Å²) in [5.74, 6) is 0.576. The number of rotatable bonds is 5. The van der Waals surface area contributed by atoms with E-state index in [4.69, 9.17) is 4.74 Å². The molecule has 88 valence electrons. The summed E-state index contributed by atoms with van der Waals surface area (Å²) >= 11 is 3.36. The second-order valence-electron chi connectivity index (χ2n) is 3.15. The SMILES string of the molecule is CCOc1cc(Br)ccc1NC(=O)CNC. The largest absolute Gasteiger partial charge is 0.492 e. The van der Waals surface area contributed by atoms with Gasteiger partial charge in [-0.1, -0.05) is 15.9 Å². The quantitative estimate of drug-likeness (QED) is 0.871. The lowest BCUT2D eigenvalue weighted by Gasteiger charge is -2.11. The van der Waals surface area contributed by atoms with Gasteiger partial charge in [0.15, 0.2) is 0 Å². The number of halogens is 1. The number of carbonyl (C=O) groups excluding carboxylic acids is 1. The molecule has 0 heterocycles. The van der Waals surface area contributed by atoms with Gasteiger partial charge in [0, 0.05) is 4.47 Å². The minimum Gasteiger partial charge on any atom is -0.492 e. The molecule has 0 aliphatic carbocycles. The number of benzene rings is 1. The van der Waals surface area contributed by atoms with Gasteiger partial charge in [0.1, 0.15) is 5.75 Å². The van der Waals surface area contributed by atoms with Gasteiger partial charge in [-0.3, -0.25) is 4.79 Å². The Bertz CT molecular complexity index is 369. The van der Waals surface area contributed by atoms with Crippen LogP contribution < -0.4 is 15.4 Å². The molecule has 2 N–H and O–H groups in total. The highest BCUT2D eigenvalue weighted by Crippen LogP contribution is 2.28. The zero-order chi connectivity index (χ0) is 12.0. The van der Waals surface area contributed by atoms with Crippen molar-refractivity contribution in [3.8, 4) is 5.75 Å². The Morgan fingerprint density at radius 1 is 1.50 bits per heavy atom. The molecule has 1 aromatic carbocycles. The van der Waals surface area contributed by atoms with Crippen molar-refractivity contribution in [2.45, 2.75) is 6.92 Å². The molecule has 1 amide bonds. The van der Waals surface area contributed by atoms with Gasteiger partial charge < -0.3 is 15.4 Å². The van der Waals surface area contributed by atoms with E-state index >= 15 is 0 Å². The van der Waals surface area contributed by atoms with Crippen molar-refractivity contribution in [3.63, 3.8) is 0 Å². The van der Waals surface area contributed by atoms with Gasteiger partial charge in [0.05, 0.1) is 18.8 Å². The van der Waals surface area contributed by atoms with Crippen LogP contribution in [0.15, 0.2) is 22.7 Å². The molecule has 1 rings (SSSR count). The van der Waals surface area contributed by atoms with Crippen LogP contribution in [-0.2, 0) is 4.79 Å². The van der Waals surface area contributed by atoms with Crippen LogP contribution in [0.2, 0.25) is 0 Å². The van der Waals surface area contributed by atoms with Crippen molar-refractivity contribution in [1.29, 1.82) is 0 Å². The van der Waals surface area contributed by atoms with Crippen LogP contribution in [0, 0.1) is 0 Å². The average Bonchev–Trinajstić information content (AvgIpc) is 2.23. The molecule has 0 spiro atoms. The van der Waals surface area contributed by atoms with E-state index in [0.29, 0.717) is 18.0 Å². The van der Waals surface area contributed by atoms with Crippen molar-refractivity contribution in [2.75, 3.05) is 25.5 Å². The normalized spacial score (nSPS) is 9.94. The predicted octanol–water partition coefficient (Wildman–Crippen LogP) is 2.01. The van der Waals surface area contributed by atoms with Crippen LogP contribution in [-0.4, -0.2) is 26.1 Å². The number of amides is 1. The van der Waals surface area contributed by atoms with Crippen LogP contribution in [0.1, 0.15) is 6.92 Å². The van der Waals surface area contributed by atoms with Crippen molar-refractivity contribution in [3.05, 3.63) is 22.7 Å². The zero-order valence-electron chi connectivity index (χ0n) is 9.34. The Morgan fingerprint density at radius 2 is 2.25 bits per heavy atom. The molecular formula is C11H15BrN2O2. The predicted molar refractivity (Wildman–Crippen MR) is 67.9 cm³/mol. The van der Waals surface area contributed by atoms with Crippen LogP contribution in [0.25, 0.3) is 0 Å². The molecule has 0 aliphatic heterocycles. The van der Waals surface area contributed by atoms with Gasteiger partial charge in [0.2, 0.25) is 5.91 Å². The smallest absolute Gasteiger partial charge is 0.238 e. The number of anilines is 1. The summed E-state index contributed by atoms with van der Waals surface area (Å²) in [6.45, 7) is 2.74. The van der Waals surface area contributed by atoms with Crippen molar-refractivity contribution >= 4 is 27.5 Å². The van der Waals surface area contributed by atoms with E-state index in [1.807, 2.05) is 25.1 Å². The number of hydrogen-bond donors (Lipinski definition) is 2. The third-order valence-corrected chi connectivity index (χ3v) is 2.35. The fourth-order valence-electron chi connectivity index (χ4n) is 1.23. The molecule has 0 atom stereocenters. The van der Waals surface area contributed by atoms with Crippen LogP contribution in [0.5, 0.6) is 5.75 Å². The average molecular weight is 287 g/mol. The molecule has 0 saturated heterocycles. The topological polar surface area (TPSA) is 50.4 Å². The van der Waals surface area contributed by atoms with Crippen LogP contribution in [0.3, 0.4) is 0 Å². The third kappa shape index (κ3) is 3.83. The monoisotopic (exact) mass is 286 g/mol. The molecule has 1 aromatic rings. The van der Waals surface area contributed by atoms with Crippen LogP contribution >= 0.6 is 15.9 Å². The minimum absolute atomic E-state index is 0.0919. The second kappa shape index (κ2) is 6.50. The standard InChI is InChI=1S/C11H15BrN2O2/c1-3-16-10-6-8(12)4-5-9(10)14-11(15)7-13-2/h4-6,13H,3,7H2,1-2H3,(H,14,15). The number of carbonyl (C=O) groups is 1. The van der Waals surface area contributed by atoms with E-state index in [0.717, 1.165) is 4.47 Å². The number of nitrogens with one attached hydrogen (secondary N) is 2. The first kappa shape index (κ1) is 13.0. The molecule has 0 aliphatic rings. The highest BCUT2D eigenvalue weighted by atomic mass is 79.9. The Labute approximate surface area is 103 Å². The molecule has 0 radical (unpaired) electrons. The van der Waals surface area contributed by atoms with E-state index in [-0.39, 0.29) is 12.5 Å².